The standard InChI is InChI=1S/C14H16ClFN2S/c1-3-13(14-17-6-7-19-14)18-9(2)10-4-5-12(16)11(15)8-10/h4-9,13,18H,3H2,1-2H3. The topological polar surface area (TPSA) is 24.9 Å². The molecule has 2 aromatic rings. The Kier molecular flexibility index (Phi) is 4.91. The minimum Gasteiger partial charge on any atom is -0.301 e. The Morgan fingerprint density at radius 3 is 2.84 bits per heavy atom. The van der Waals surface area contributed by atoms with Crippen molar-refractivity contribution in [3.8, 4) is 0 Å². The number of hydrogen-bond donors (Lipinski definition) is 1. The van der Waals surface area contributed by atoms with Crippen molar-refractivity contribution in [3.05, 3.63) is 51.2 Å². The van der Waals surface area contributed by atoms with Crippen molar-refractivity contribution in [1.82, 2.24) is 10.3 Å². The molecule has 5 heteroatoms. The molecular formula is C14H16ClFN2S. The van der Waals surface area contributed by atoms with Crippen LogP contribution in [0, 0.1) is 5.82 Å². The van der Waals surface area contributed by atoms with Gasteiger partial charge in [0.15, 0.2) is 0 Å². The first-order chi connectivity index (χ1) is 9.11. The number of thiazole rings is 1. The molecule has 0 fully saturated rings. The number of benzene rings is 1. The van der Waals surface area contributed by atoms with Gasteiger partial charge in [0.25, 0.3) is 0 Å². The lowest BCUT2D eigenvalue weighted by molar-refractivity contribution is 0.454. The van der Waals surface area contributed by atoms with Gasteiger partial charge < -0.3 is 5.32 Å². The molecular weight excluding hydrogens is 283 g/mol. The van der Waals surface area contributed by atoms with Crippen LogP contribution < -0.4 is 5.32 Å². The van der Waals surface area contributed by atoms with E-state index in [4.69, 9.17) is 11.6 Å². The van der Waals surface area contributed by atoms with Crippen LogP contribution in [0.5, 0.6) is 0 Å². The lowest BCUT2D eigenvalue weighted by atomic mass is 10.1. The van der Waals surface area contributed by atoms with Crippen molar-refractivity contribution < 1.29 is 4.39 Å². The Morgan fingerprint density at radius 2 is 2.26 bits per heavy atom. The Balaban J connectivity index is 2.11. The van der Waals surface area contributed by atoms with Crippen LogP contribution >= 0.6 is 22.9 Å². The van der Waals surface area contributed by atoms with Crippen molar-refractivity contribution >= 4 is 22.9 Å². The van der Waals surface area contributed by atoms with E-state index < -0.39 is 0 Å². The predicted molar refractivity (Wildman–Crippen MR) is 78.1 cm³/mol. The summed E-state index contributed by atoms with van der Waals surface area (Å²) in [6, 6.07) is 5.13. The van der Waals surface area contributed by atoms with Gasteiger partial charge in [0, 0.05) is 17.6 Å². The molecule has 0 aliphatic carbocycles. The summed E-state index contributed by atoms with van der Waals surface area (Å²) in [5.41, 5.74) is 0.974. The van der Waals surface area contributed by atoms with Crippen molar-refractivity contribution in [1.29, 1.82) is 0 Å². The summed E-state index contributed by atoms with van der Waals surface area (Å²) in [5, 5.41) is 6.70. The van der Waals surface area contributed by atoms with Crippen LogP contribution in [-0.2, 0) is 0 Å². The molecule has 0 radical (unpaired) electrons. The normalized spacial score (nSPS) is 14.3. The first-order valence-corrected chi connectivity index (χ1v) is 7.48. The quantitative estimate of drug-likeness (QED) is 0.862. The van der Waals surface area contributed by atoms with E-state index in [1.807, 2.05) is 18.5 Å². The maximum absolute atomic E-state index is 13.2. The van der Waals surface area contributed by atoms with E-state index in [1.165, 1.54) is 6.07 Å². The summed E-state index contributed by atoms with van der Waals surface area (Å²) in [4.78, 5) is 4.34. The van der Waals surface area contributed by atoms with E-state index in [-0.39, 0.29) is 22.9 Å². The van der Waals surface area contributed by atoms with E-state index in [9.17, 15) is 4.39 Å². The first kappa shape index (κ1) is 14.4. The third-order valence-electron chi connectivity index (χ3n) is 3.05. The Hall–Kier alpha value is -0.970. The summed E-state index contributed by atoms with van der Waals surface area (Å²) >= 11 is 7.45. The lowest BCUT2D eigenvalue weighted by Gasteiger charge is -2.21. The van der Waals surface area contributed by atoms with E-state index in [2.05, 4.69) is 17.2 Å². The Bertz CT molecular complexity index is 530. The van der Waals surface area contributed by atoms with Gasteiger partial charge in [-0.3, -0.25) is 0 Å². The highest BCUT2D eigenvalue weighted by atomic mass is 35.5. The third kappa shape index (κ3) is 3.53. The van der Waals surface area contributed by atoms with Gasteiger partial charge >= 0.3 is 0 Å². The van der Waals surface area contributed by atoms with Gasteiger partial charge in [0.2, 0.25) is 0 Å². The van der Waals surface area contributed by atoms with Gasteiger partial charge in [-0.25, -0.2) is 9.37 Å². The third-order valence-corrected chi connectivity index (χ3v) is 4.23. The zero-order valence-electron chi connectivity index (χ0n) is 10.9. The molecule has 1 aromatic heterocycles. The molecule has 0 aliphatic heterocycles. The molecule has 19 heavy (non-hydrogen) atoms. The van der Waals surface area contributed by atoms with Gasteiger partial charge in [-0.05, 0) is 31.0 Å². The van der Waals surface area contributed by atoms with Crippen molar-refractivity contribution in [2.45, 2.75) is 32.4 Å². The average molecular weight is 299 g/mol. The highest BCUT2D eigenvalue weighted by molar-refractivity contribution is 7.09. The molecule has 1 aromatic carbocycles. The number of nitrogens with one attached hydrogen (secondary N) is 1. The first-order valence-electron chi connectivity index (χ1n) is 6.22. The highest BCUT2D eigenvalue weighted by Crippen LogP contribution is 2.25. The van der Waals surface area contributed by atoms with Crippen LogP contribution in [0.15, 0.2) is 29.8 Å². The minimum absolute atomic E-state index is 0.0898. The van der Waals surface area contributed by atoms with Crippen LogP contribution in [0.25, 0.3) is 0 Å². The average Bonchev–Trinajstić information content (AvgIpc) is 2.92. The zero-order chi connectivity index (χ0) is 13.8. The molecule has 2 atom stereocenters. The van der Waals surface area contributed by atoms with Gasteiger partial charge in [-0.1, -0.05) is 24.6 Å². The van der Waals surface area contributed by atoms with Gasteiger partial charge in [0.05, 0.1) is 11.1 Å². The van der Waals surface area contributed by atoms with Crippen LogP contribution in [0.2, 0.25) is 5.02 Å². The molecule has 0 spiro atoms. The van der Waals surface area contributed by atoms with Gasteiger partial charge in [-0.2, -0.15) is 0 Å². The molecule has 102 valence electrons. The molecule has 0 saturated carbocycles. The maximum atomic E-state index is 13.2. The van der Waals surface area contributed by atoms with E-state index in [1.54, 1.807) is 23.5 Å². The Labute approximate surface area is 121 Å². The molecule has 0 saturated heterocycles. The number of nitrogens with zero attached hydrogens (tertiary/aromatic N) is 1. The van der Waals surface area contributed by atoms with Crippen molar-refractivity contribution in [3.63, 3.8) is 0 Å². The minimum atomic E-state index is -0.385. The molecule has 1 heterocycles. The molecule has 1 N–H and O–H groups in total. The second-order valence-corrected chi connectivity index (χ2v) is 5.73. The van der Waals surface area contributed by atoms with Crippen LogP contribution in [0.1, 0.15) is 42.9 Å². The zero-order valence-corrected chi connectivity index (χ0v) is 12.4. The summed E-state index contributed by atoms with van der Waals surface area (Å²) < 4.78 is 13.2. The summed E-state index contributed by atoms with van der Waals surface area (Å²) in [5.74, 6) is -0.385. The molecule has 0 bridgehead atoms. The summed E-state index contributed by atoms with van der Waals surface area (Å²) in [7, 11) is 0. The maximum Gasteiger partial charge on any atom is 0.141 e. The van der Waals surface area contributed by atoms with E-state index >= 15 is 0 Å². The molecule has 2 rings (SSSR count). The fraction of sp³-hybridized carbons (Fsp3) is 0.357. The number of hydrogen-bond acceptors (Lipinski definition) is 3. The monoisotopic (exact) mass is 298 g/mol. The highest BCUT2D eigenvalue weighted by Gasteiger charge is 2.16. The fourth-order valence-corrected chi connectivity index (χ4v) is 2.92. The fourth-order valence-electron chi connectivity index (χ4n) is 1.95. The lowest BCUT2D eigenvalue weighted by Crippen LogP contribution is -2.24. The second-order valence-electron chi connectivity index (χ2n) is 4.39. The number of halogens is 2. The molecule has 2 nitrogen and oxygen atoms in total. The molecule has 2 unspecified atom stereocenters. The number of aromatic nitrogens is 1. The van der Waals surface area contributed by atoms with E-state index in [0.717, 1.165) is 17.0 Å². The SMILES string of the molecule is CCC(NC(C)c1ccc(F)c(Cl)c1)c1nccs1. The molecule has 0 amide bonds. The summed E-state index contributed by atoms with van der Waals surface area (Å²) in [6.07, 6.45) is 2.76. The number of rotatable bonds is 5. The molecule has 0 aliphatic rings. The Morgan fingerprint density at radius 1 is 1.47 bits per heavy atom. The van der Waals surface area contributed by atoms with Crippen molar-refractivity contribution in [2.75, 3.05) is 0 Å². The van der Waals surface area contributed by atoms with Crippen LogP contribution in [-0.4, -0.2) is 4.98 Å². The van der Waals surface area contributed by atoms with E-state index in [0.29, 0.717) is 0 Å². The largest absolute Gasteiger partial charge is 0.301 e. The van der Waals surface area contributed by atoms with Crippen LogP contribution in [0.4, 0.5) is 4.39 Å². The predicted octanol–water partition coefficient (Wildman–Crippen LogP) is 4.74. The van der Waals surface area contributed by atoms with Crippen LogP contribution in [0.3, 0.4) is 0 Å². The summed E-state index contributed by atoms with van der Waals surface area (Å²) in [6.45, 7) is 4.16. The second kappa shape index (κ2) is 6.46. The van der Waals surface area contributed by atoms with Gasteiger partial charge in [-0.15, -0.1) is 11.3 Å². The van der Waals surface area contributed by atoms with Gasteiger partial charge in [0.1, 0.15) is 10.8 Å². The smallest absolute Gasteiger partial charge is 0.141 e. The van der Waals surface area contributed by atoms with Crippen molar-refractivity contribution in [2.24, 2.45) is 0 Å².